The van der Waals surface area contributed by atoms with Crippen molar-refractivity contribution in [2.75, 3.05) is 18.4 Å². The molecule has 140 valence electrons. The van der Waals surface area contributed by atoms with Crippen LogP contribution in [0.1, 0.15) is 18.2 Å². The van der Waals surface area contributed by atoms with Crippen molar-refractivity contribution in [3.8, 4) is 11.3 Å². The van der Waals surface area contributed by atoms with E-state index in [1.54, 1.807) is 6.92 Å². The van der Waals surface area contributed by atoms with Crippen molar-refractivity contribution in [1.82, 2.24) is 4.98 Å². The molecule has 0 saturated carbocycles. The first-order valence-electron chi connectivity index (χ1n) is 7.83. The van der Waals surface area contributed by atoms with Gasteiger partial charge in [0.25, 0.3) is 0 Å². The summed E-state index contributed by atoms with van der Waals surface area (Å²) in [7, 11) is 0. The predicted molar refractivity (Wildman–Crippen MR) is 88.7 cm³/mol. The summed E-state index contributed by atoms with van der Waals surface area (Å²) in [5.74, 6) is -0.494. The molecule has 26 heavy (non-hydrogen) atoms. The lowest BCUT2D eigenvalue weighted by molar-refractivity contribution is -0.263. The van der Waals surface area contributed by atoms with E-state index in [2.05, 4.69) is 10.3 Å². The van der Waals surface area contributed by atoms with E-state index in [4.69, 9.17) is 11.5 Å². The molecule has 5 nitrogen and oxygen atoms in total. The fraction of sp³-hybridized carbons (Fsp3) is 0.353. The fourth-order valence-corrected chi connectivity index (χ4v) is 2.94. The summed E-state index contributed by atoms with van der Waals surface area (Å²) in [6.45, 7) is 0.827. The molecule has 1 aromatic heterocycles. The minimum absolute atomic E-state index is 0.141. The smallest absolute Gasteiger partial charge is 0.381 e. The number of pyridine rings is 1. The highest BCUT2D eigenvalue weighted by Crippen LogP contribution is 2.44. The number of benzene rings is 1. The molecule has 1 aliphatic heterocycles. The molecule has 0 radical (unpaired) electrons. The second-order valence-electron chi connectivity index (χ2n) is 6.62. The van der Waals surface area contributed by atoms with Gasteiger partial charge in [-0.05, 0) is 37.3 Å². The van der Waals surface area contributed by atoms with Crippen LogP contribution in [0, 0.1) is 5.82 Å². The lowest BCUT2D eigenvalue weighted by Gasteiger charge is -2.30. The van der Waals surface area contributed by atoms with Crippen molar-refractivity contribution in [2.45, 2.75) is 24.2 Å². The molecular formula is C17H18F4N4O. The maximum Gasteiger partial charge on any atom is 0.424 e. The lowest BCUT2D eigenvalue weighted by Crippen LogP contribution is -2.49. The number of nitrogens with zero attached hydrogens (tertiary/aromatic N) is 1. The first kappa shape index (κ1) is 18.6. The molecule has 0 aliphatic carbocycles. The molecule has 9 heteroatoms. The summed E-state index contributed by atoms with van der Waals surface area (Å²) in [6, 6.07) is 6.26. The molecule has 2 heterocycles. The second kappa shape index (κ2) is 5.90. The molecule has 0 fully saturated rings. The Balaban J connectivity index is 2.29. The number of rotatable bonds is 3. The van der Waals surface area contributed by atoms with E-state index in [-0.39, 0.29) is 12.2 Å². The third-order valence-electron chi connectivity index (χ3n) is 4.57. The van der Waals surface area contributed by atoms with Crippen LogP contribution in [0.5, 0.6) is 0 Å². The molecule has 2 atom stereocenters. The summed E-state index contributed by atoms with van der Waals surface area (Å²) in [5.41, 5.74) is 7.83. The SMILES string of the molecule is CC1(N)CNc2c1cc(C(O)(CN)C(F)(F)F)nc2-c1ccc(F)cc1. The fourth-order valence-electron chi connectivity index (χ4n) is 2.94. The zero-order valence-electron chi connectivity index (χ0n) is 13.9. The van der Waals surface area contributed by atoms with Crippen molar-refractivity contribution >= 4 is 5.69 Å². The molecule has 1 aromatic carbocycles. The van der Waals surface area contributed by atoms with Gasteiger partial charge in [0.15, 0.2) is 0 Å². The Kier molecular flexibility index (Phi) is 4.21. The average molecular weight is 370 g/mol. The largest absolute Gasteiger partial charge is 0.424 e. The molecule has 2 aromatic rings. The number of alkyl halides is 3. The van der Waals surface area contributed by atoms with Gasteiger partial charge in [0.05, 0.1) is 22.6 Å². The molecular weight excluding hydrogens is 352 g/mol. The number of nitrogens with two attached hydrogens (primary N) is 2. The maximum atomic E-state index is 13.5. The third-order valence-corrected chi connectivity index (χ3v) is 4.57. The van der Waals surface area contributed by atoms with E-state index in [9.17, 15) is 22.7 Å². The molecule has 0 saturated heterocycles. The number of fused-ring (bicyclic) bond motifs is 1. The van der Waals surface area contributed by atoms with Gasteiger partial charge in [0.1, 0.15) is 5.82 Å². The maximum absolute atomic E-state index is 13.5. The van der Waals surface area contributed by atoms with Crippen LogP contribution in [0.25, 0.3) is 11.3 Å². The van der Waals surface area contributed by atoms with E-state index in [1.807, 2.05) is 0 Å². The molecule has 0 spiro atoms. The standard InChI is InChI=1S/C17H18F4N4O/c1-15(23)8-24-14-11(15)6-12(16(26,7-22)17(19,20)21)25-13(14)9-2-4-10(18)5-3-9/h2-6,24,26H,7-8,22-23H2,1H3. The second-order valence-corrected chi connectivity index (χ2v) is 6.62. The van der Waals surface area contributed by atoms with Crippen LogP contribution in [0.4, 0.5) is 23.2 Å². The normalized spacial score (nSPS) is 21.8. The average Bonchev–Trinajstić information content (AvgIpc) is 2.88. The van der Waals surface area contributed by atoms with Crippen LogP contribution in [0.15, 0.2) is 30.3 Å². The zero-order valence-corrected chi connectivity index (χ0v) is 13.9. The lowest BCUT2D eigenvalue weighted by atomic mass is 9.89. The quantitative estimate of drug-likeness (QED) is 0.621. The number of hydrogen-bond donors (Lipinski definition) is 4. The Morgan fingerprint density at radius 3 is 2.42 bits per heavy atom. The first-order valence-corrected chi connectivity index (χ1v) is 7.83. The number of aromatic nitrogens is 1. The van der Waals surface area contributed by atoms with Gasteiger partial charge in [-0.15, -0.1) is 0 Å². The number of aliphatic hydroxyl groups is 1. The highest BCUT2D eigenvalue weighted by Gasteiger charge is 2.56. The Morgan fingerprint density at radius 1 is 1.27 bits per heavy atom. The van der Waals surface area contributed by atoms with Crippen LogP contribution in [-0.2, 0) is 11.1 Å². The summed E-state index contributed by atoms with van der Waals surface area (Å²) in [5, 5.41) is 13.2. The van der Waals surface area contributed by atoms with Gasteiger partial charge in [-0.2, -0.15) is 13.2 Å². The van der Waals surface area contributed by atoms with E-state index in [0.717, 1.165) is 6.07 Å². The van der Waals surface area contributed by atoms with Crippen molar-refractivity contribution in [2.24, 2.45) is 11.5 Å². The predicted octanol–water partition coefficient (Wildman–Crippen LogP) is 2.20. The minimum Gasteiger partial charge on any atom is -0.381 e. The molecule has 0 bridgehead atoms. The van der Waals surface area contributed by atoms with E-state index >= 15 is 0 Å². The Bertz CT molecular complexity index is 836. The van der Waals surface area contributed by atoms with Gasteiger partial charge in [-0.3, -0.25) is 0 Å². The summed E-state index contributed by atoms with van der Waals surface area (Å²) in [6.07, 6.45) is -5.03. The number of nitrogens with one attached hydrogen (secondary N) is 1. The first-order chi connectivity index (χ1) is 12.0. The highest BCUT2D eigenvalue weighted by atomic mass is 19.4. The van der Waals surface area contributed by atoms with Crippen LogP contribution < -0.4 is 16.8 Å². The van der Waals surface area contributed by atoms with Crippen LogP contribution in [-0.4, -0.2) is 29.4 Å². The number of hydrogen-bond acceptors (Lipinski definition) is 5. The molecule has 1 aliphatic rings. The van der Waals surface area contributed by atoms with E-state index < -0.39 is 35.4 Å². The highest BCUT2D eigenvalue weighted by molar-refractivity contribution is 5.80. The monoisotopic (exact) mass is 370 g/mol. The minimum atomic E-state index is -5.03. The third kappa shape index (κ3) is 2.81. The van der Waals surface area contributed by atoms with Crippen molar-refractivity contribution < 1.29 is 22.7 Å². The van der Waals surface area contributed by atoms with Crippen molar-refractivity contribution in [3.63, 3.8) is 0 Å². The van der Waals surface area contributed by atoms with E-state index in [0.29, 0.717) is 16.8 Å². The van der Waals surface area contributed by atoms with E-state index in [1.165, 1.54) is 24.3 Å². The zero-order chi connectivity index (χ0) is 19.3. The van der Waals surface area contributed by atoms with Crippen LogP contribution in [0.3, 0.4) is 0 Å². The number of anilines is 1. The van der Waals surface area contributed by atoms with Crippen molar-refractivity contribution in [1.29, 1.82) is 0 Å². The van der Waals surface area contributed by atoms with Gasteiger partial charge in [0.2, 0.25) is 5.60 Å². The van der Waals surface area contributed by atoms with Gasteiger partial charge in [-0.1, -0.05) is 0 Å². The van der Waals surface area contributed by atoms with Gasteiger partial charge in [-0.25, -0.2) is 9.37 Å². The topological polar surface area (TPSA) is 97.2 Å². The molecule has 6 N–H and O–H groups in total. The Morgan fingerprint density at radius 2 is 1.88 bits per heavy atom. The Hall–Kier alpha value is -2.23. The summed E-state index contributed by atoms with van der Waals surface area (Å²) < 4.78 is 53.6. The molecule has 3 rings (SSSR count). The van der Waals surface area contributed by atoms with Gasteiger partial charge >= 0.3 is 6.18 Å². The van der Waals surface area contributed by atoms with Gasteiger partial charge < -0.3 is 21.9 Å². The van der Waals surface area contributed by atoms with Gasteiger partial charge in [0, 0.05) is 24.2 Å². The molecule has 2 unspecified atom stereocenters. The summed E-state index contributed by atoms with van der Waals surface area (Å²) in [4.78, 5) is 4.03. The van der Waals surface area contributed by atoms with Crippen molar-refractivity contribution in [3.05, 3.63) is 47.4 Å². The Labute approximate surface area is 147 Å². The number of halogens is 4. The van der Waals surface area contributed by atoms with Crippen LogP contribution >= 0.6 is 0 Å². The summed E-state index contributed by atoms with van der Waals surface area (Å²) >= 11 is 0. The molecule has 0 amide bonds. The van der Waals surface area contributed by atoms with Crippen LogP contribution in [0.2, 0.25) is 0 Å².